The summed E-state index contributed by atoms with van der Waals surface area (Å²) in [5, 5.41) is 0. The lowest BCUT2D eigenvalue weighted by molar-refractivity contribution is -0.119. The highest BCUT2D eigenvalue weighted by atomic mass is 32.2. The number of carbonyl (C=O) groups is 1. The minimum absolute atomic E-state index is 0.216. The number of nitrogens with zero attached hydrogens (tertiary/aromatic N) is 2. The van der Waals surface area contributed by atoms with Crippen molar-refractivity contribution >= 4 is 23.4 Å². The van der Waals surface area contributed by atoms with Crippen LogP contribution in [0.3, 0.4) is 0 Å². The standard InChI is InChI=1S/C16H23N3OS/c1-12(17)13-6-7-18(10-13)11-16(20)19-8-9-21-15-5-3-2-4-14(15)19/h2-5,12-13H,6-11,17H2,1H3. The number of para-hydroxylation sites is 1. The molecular weight excluding hydrogens is 282 g/mol. The quantitative estimate of drug-likeness (QED) is 0.925. The number of fused-ring (bicyclic) bond motifs is 1. The van der Waals surface area contributed by atoms with Gasteiger partial charge in [-0.15, -0.1) is 11.8 Å². The fraction of sp³-hybridized carbons (Fsp3) is 0.562. The van der Waals surface area contributed by atoms with Crippen molar-refractivity contribution in [2.75, 3.05) is 36.8 Å². The lowest BCUT2D eigenvalue weighted by Crippen LogP contribution is -2.42. The number of hydrogen-bond donors (Lipinski definition) is 1. The molecular formula is C16H23N3OS. The summed E-state index contributed by atoms with van der Waals surface area (Å²) < 4.78 is 0. The van der Waals surface area contributed by atoms with Crippen molar-refractivity contribution in [3.8, 4) is 0 Å². The number of benzene rings is 1. The maximum absolute atomic E-state index is 12.6. The summed E-state index contributed by atoms with van der Waals surface area (Å²) in [7, 11) is 0. The second kappa shape index (κ2) is 6.38. The lowest BCUT2D eigenvalue weighted by atomic mass is 10.0. The van der Waals surface area contributed by atoms with E-state index in [-0.39, 0.29) is 11.9 Å². The monoisotopic (exact) mass is 305 g/mol. The van der Waals surface area contributed by atoms with Gasteiger partial charge in [-0.3, -0.25) is 9.69 Å². The average molecular weight is 305 g/mol. The van der Waals surface area contributed by atoms with Crippen LogP contribution in [0.25, 0.3) is 0 Å². The normalized spacial score (nSPS) is 23.9. The van der Waals surface area contributed by atoms with Crippen LogP contribution in [0, 0.1) is 5.92 Å². The van der Waals surface area contributed by atoms with Gasteiger partial charge >= 0.3 is 0 Å². The van der Waals surface area contributed by atoms with Gasteiger partial charge in [0.15, 0.2) is 0 Å². The summed E-state index contributed by atoms with van der Waals surface area (Å²) >= 11 is 1.83. The number of nitrogens with two attached hydrogens (primary N) is 1. The van der Waals surface area contributed by atoms with Gasteiger partial charge in [0.1, 0.15) is 0 Å². The topological polar surface area (TPSA) is 49.6 Å². The van der Waals surface area contributed by atoms with Gasteiger partial charge in [0, 0.05) is 29.8 Å². The predicted molar refractivity (Wildman–Crippen MR) is 87.7 cm³/mol. The Morgan fingerprint density at radius 1 is 1.43 bits per heavy atom. The molecule has 114 valence electrons. The lowest BCUT2D eigenvalue weighted by Gasteiger charge is -2.30. The van der Waals surface area contributed by atoms with Gasteiger partial charge in [-0.25, -0.2) is 0 Å². The van der Waals surface area contributed by atoms with Crippen LogP contribution >= 0.6 is 11.8 Å². The Bertz CT molecular complexity index is 520. The molecule has 0 bridgehead atoms. The molecule has 1 amide bonds. The predicted octanol–water partition coefficient (Wildman–Crippen LogP) is 1.79. The molecule has 4 nitrogen and oxygen atoms in total. The van der Waals surface area contributed by atoms with Gasteiger partial charge in [-0.05, 0) is 37.9 Å². The number of thioether (sulfide) groups is 1. The van der Waals surface area contributed by atoms with Crippen LogP contribution in [0.4, 0.5) is 5.69 Å². The molecule has 5 heteroatoms. The van der Waals surface area contributed by atoms with Gasteiger partial charge in [0.05, 0.1) is 12.2 Å². The Kier molecular flexibility index (Phi) is 4.52. The number of carbonyl (C=O) groups excluding carboxylic acids is 1. The van der Waals surface area contributed by atoms with Crippen molar-refractivity contribution in [3.05, 3.63) is 24.3 Å². The first-order valence-electron chi connectivity index (χ1n) is 7.65. The molecule has 0 aliphatic carbocycles. The molecule has 2 atom stereocenters. The molecule has 0 spiro atoms. The van der Waals surface area contributed by atoms with E-state index in [0.29, 0.717) is 12.5 Å². The van der Waals surface area contributed by atoms with E-state index in [4.69, 9.17) is 5.73 Å². The minimum Gasteiger partial charge on any atom is -0.328 e. The van der Waals surface area contributed by atoms with Gasteiger partial charge in [-0.1, -0.05) is 12.1 Å². The van der Waals surface area contributed by atoms with Crippen LogP contribution < -0.4 is 10.6 Å². The maximum atomic E-state index is 12.6. The number of rotatable bonds is 3. The zero-order chi connectivity index (χ0) is 14.8. The summed E-state index contributed by atoms with van der Waals surface area (Å²) in [6.45, 7) is 5.33. The first-order chi connectivity index (χ1) is 10.1. The Labute approximate surface area is 130 Å². The van der Waals surface area contributed by atoms with Crippen LogP contribution in [0.15, 0.2) is 29.2 Å². The van der Waals surface area contributed by atoms with E-state index in [1.807, 2.05) is 34.9 Å². The van der Waals surface area contributed by atoms with E-state index in [0.717, 1.165) is 37.5 Å². The second-order valence-electron chi connectivity index (χ2n) is 6.00. The van der Waals surface area contributed by atoms with Crippen LogP contribution in [0.2, 0.25) is 0 Å². The first kappa shape index (κ1) is 14.9. The number of hydrogen-bond acceptors (Lipinski definition) is 4. The van der Waals surface area contributed by atoms with E-state index in [2.05, 4.69) is 17.9 Å². The third-order valence-corrected chi connectivity index (χ3v) is 5.48. The fourth-order valence-corrected chi connectivity index (χ4v) is 4.14. The number of likely N-dealkylation sites (tertiary alicyclic amines) is 1. The molecule has 1 fully saturated rings. The first-order valence-corrected chi connectivity index (χ1v) is 8.64. The summed E-state index contributed by atoms with van der Waals surface area (Å²) in [5.41, 5.74) is 7.04. The van der Waals surface area contributed by atoms with Crippen LogP contribution in [0.1, 0.15) is 13.3 Å². The minimum atomic E-state index is 0.216. The molecule has 1 aromatic carbocycles. The Balaban J connectivity index is 1.65. The van der Waals surface area contributed by atoms with Crippen LogP contribution in [-0.2, 0) is 4.79 Å². The smallest absolute Gasteiger partial charge is 0.241 e. The second-order valence-corrected chi connectivity index (χ2v) is 7.14. The van der Waals surface area contributed by atoms with Crippen molar-refractivity contribution in [2.24, 2.45) is 11.7 Å². The summed E-state index contributed by atoms with van der Waals surface area (Å²) in [6.07, 6.45) is 1.11. The Morgan fingerprint density at radius 2 is 2.24 bits per heavy atom. The van der Waals surface area contributed by atoms with E-state index >= 15 is 0 Å². The van der Waals surface area contributed by atoms with Gasteiger partial charge in [0.2, 0.25) is 5.91 Å². The van der Waals surface area contributed by atoms with Gasteiger partial charge in [-0.2, -0.15) is 0 Å². The molecule has 0 saturated carbocycles. The number of anilines is 1. The third-order valence-electron chi connectivity index (χ3n) is 4.44. The van der Waals surface area contributed by atoms with E-state index in [1.54, 1.807) is 0 Å². The zero-order valence-corrected chi connectivity index (χ0v) is 13.3. The molecule has 2 aliphatic rings. The third kappa shape index (κ3) is 3.25. The highest BCUT2D eigenvalue weighted by molar-refractivity contribution is 7.99. The zero-order valence-electron chi connectivity index (χ0n) is 12.5. The van der Waals surface area contributed by atoms with Crippen LogP contribution in [0.5, 0.6) is 0 Å². The molecule has 2 unspecified atom stereocenters. The fourth-order valence-electron chi connectivity index (χ4n) is 3.14. The van der Waals surface area contributed by atoms with Crippen LogP contribution in [-0.4, -0.2) is 48.8 Å². The van der Waals surface area contributed by atoms with E-state index in [9.17, 15) is 4.79 Å². The molecule has 1 aromatic rings. The highest BCUT2D eigenvalue weighted by Gasteiger charge is 2.29. The van der Waals surface area contributed by atoms with Crippen molar-refractivity contribution < 1.29 is 4.79 Å². The summed E-state index contributed by atoms with van der Waals surface area (Å²) in [4.78, 5) is 18.1. The SMILES string of the molecule is CC(N)C1CCN(CC(=O)N2CCSc3ccccc32)C1. The molecule has 0 radical (unpaired) electrons. The average Bonchev–Trinajstić information content (AvgIpc) is 2.95. The summed E-state index contributed by atoms with van der Waals surface area (Å²) in [6, 6.07) is 8.41. The Morgan fingerprint density at radius 3 is 3.00 bits per heavy atom. The van der Waals surface area contributed by atoms with Gasteiger partial charge in [0.25, 0.3) is 0 Å². The molecule has 2 heterocycles. The molecule has 1 saturated heterocycles. The molecule has 2 aliphatic heterocycles. The largest absolute Gasteiger partial charge is 0.328 e. The molecule has 2 N–H and O–H groups in total. The van der Waals surface area contributed by atoms with Crippen molar-refractivity contribution in [1.82, 2.24) is 4.90 Å². The maximum Gasteiger partial charge on any atom is 0.241 e. The Hall–Kier alpha value is -1.04. The number of amides is 1. The molecule has 0 aromatic heterocycles. The van der Waals surface area contributed by atoms with Crippen molar-refractivity contribution in [1.29, 1.82) is 0 Å². The highest BCUT2D eigenvalue weighted by Crippen LogP contribution is 2.34. The van der Waals surface area contributed by atoms with E-state index < -0.39 is 0 Å². The van der Waals surface area contributed by atoms with Crippen molar-refractivity contribution in [3.63, 3.8) is 0 Å². The molecule has 21 heavy (non-hydrogen) atoms. The van der Waals surface area contributed by atoms with Gasteiger partial charge < -0.3 is 10.6 Å². The summed E-state index contributed by atoms with van der Waals surface area (Å²) in [5.74, 6) is 1.72. The molecule has 3 rings (SSSR count). The van der Waals surface area contributed by atoms with Crippen molar-refractivity contribution in [2.45, 2.75) is 24.3 Å². The van der Waals surface area contributed by atoms with E-state index in [1.165, 1.54) is 4.90 Å².